The maximum atomic E-state index is 13.5. The maximum Gasteiger partial charge on any atom is 0.265 e. The first-order valence-electron chi connectivity index (χ1n) is 12.0. The summed E-state index contributed by atoms with van der Waals surface area (Å²) >= 11 is 1.53. The molecule has 0 spiro atoms. The second-order valence-corrected chi connectivity index (χ2v) is 11.6. The molecule has 3 aromatic rings. The minimum Gasteiger partial charge on any atom is -0.497 e. The van der Waals surface area contributed by atoms with E-state index in [-0.39, 0.29) is 23.2 Å². The highest BCUT2D eigenvalue weighted by Crippen LogP contribution is 2.33. The van der Waals surface area contributed by atoms with Gasteiger partial charge in [0.15, 0.2) is 0 Å². The molecule has 0 bridgehead atoms. The lowest BCUT2D eigenvalue weighted by Gasteiger charge is -2.30. The third kappa shape index (κ3) is 6.20. The zero-order valence-electron chi connectivity index (χ0n) is 20.5. The predicted octanol–water partition coefficient (Wildman–Crippen LogP) is 4.95. The average molecular weight is 564 g/mol. The molecule has 5 rings (SSSR count). The number of carbonyl (C=O) groups excluding carboxylic acids is 1. The van der Waals surface area contributed by atoms with Crippen LogP contribution in [-0.4, -0.2) is 47.7 Å². The molecular formula is C26H30ClN3O5S2. The molecule has 0 unspecified atom stereocenters. The number of nitrogens with zero attached hydrogens (tertiary/aromatic N) is 1. The molecule has 1 aliphatic carbocycles. The Bertz CT molecular complexity index is 1330. The molecule has 11 heteroatoms. The number of hydrogen-bond donors (Lipinski definition) is 2. The Labute approximate surface area is 227 Å². The van der Waals surface area contributed by atoms with E-state index in [1.807, 2.05) is 11.0 Å². The first kappa shape index (κ1) is 27.3. The number of ether oxygens (including phenoxy) is 2. The standard InChI is InChI=1S/C26H29N3O5S2.ClH/c1-33-21-9-6-19(7-10-21)28-36(31,32)25-17-20(8-11-22(25)29-12-14-34-15-13-29)27-26(30)24-16-18-4-2-3-5-23(18)35-24;/h6-11,16-17,28H,2-5,12-15H2,1H3,(H,27,30);1H. The molecule has 8 nitrogen and oxygen atoms in total. The summed E-state index contributed by atoms with van der Waals surface area (Å²) in [6.07, 6.45) is 4.32. The lowest BCUT2D eigenvalue weighted by atomic mass is 9.99. The Kier molecular flexibility index (Phi) is 8.63. The maximum absolute atomic E-state index is 13.5. The largest absolute Gasteiger partial charge is 0.497 e. The molecule has 2 N–H and O–H groups in total. The number of sulfonamides is 1. The SMILES string of the molecule is COc1ccc(NS(=O)(=O)c2cc(NC(=O)c3cc4c(s3)CCCC4)ccc2N2CCOCC2)cc1.Cl. The number of rotatable bonds is 7. The third-order valence-corrected chi connectivity index (χ3v) is 9.07. The van der Waals surface area contributed by atoms with Gasteiger partial charge in [0.1, 0.15) is 10.6 Å². The van der Waals surface area contributed by atoms with E-state index in [2.05, 4.69) is 10.0 Å². The Morgan fingerprint density at radius 3 is 2.41 bits per heavy atom. The van der Waals surface area contributed by atoms with Crippen LogP contribution in [-0.2, 0) is 27.6 Å². The zero-order valence-corrected chi connectivity index (χ0v) is 22.9. The lowest BCUT2D eigenvalue weighted by Crippen LogP contribution is -2.37. The summed E-state index contributed by atoms with van der Waals surface area (Å²) in [6.45, 7) is 2.20. The lowest BCUT2D eigenvalue weighted by molar-refractivity contribution is 0.103. The van der Waals surface area contributed by atoms with Gasteiger partial charge in [-0.2, -0.15) is 0 Å². The number of benzene rings is 2. The van der Waals surface area contributed by atoms with E-state index in [4.69, 9.17) is 9.47 Å². The van der Waals surface area contributed by atoms with Gasteiger partial charge in [0.05, 0.1) is 30.9 Å². The van der Waals surface area contributed by atoms with Crippen LogP contribution in [0.15, 0.2) is 53.4 Å². The van der Waals surface area contributed by atoms with Gasteiger partial charge < -0.3 is 19.7 Å². The molecule has 2 heterocycles. The van der Waals surface area contributed by atoms with Gasteiger partial charge in [-0.05, 0) is 79.8 Å². The molecule has 2 aromatic carbocycles. The number of aryl methyl sites for hydroxylation is 2. The Morgan fingerprint density at radius 2 is 1.70 bits per heavy atom. The molecule has 1 amide bonds. The normalized spacial score (nSPS) is 15.3. The monoisotopic (exact) mass is 563 g/mol. The minimum atomic E-state index is -3.96. The Morgan fingerprint density at radius 1 is 1.00 bits per heavy atom. The smallest absolute Gasteiger partial charge is 0.265 e. The number of morpholine rings is 1. The number of hydrogen-bond acceptors (Lipinski definition) is 7. The van der Waals surface area contributed by atoms with Crippen molar-refractivity contribution in [3.05, 3.63) is 63.8 Å². The minimum absolute atomic E-state index is 0. The number of halogens is 1. The summed E-state index contributed by atoms with van der Waals surface area (Å²) in [5, 5.41) is 2.91. The fraction of sp³-hybridized carbons (Fsp3) is 0.346. The van der Waals surface area contributed by atoms with Gasteiger partial charge >= 0.3 is 0 Å². The molecule has 0 atom stereocenters. The number of nitrogens with one attached hydrogen (secondary N) is 2. The van der Waals surface area contributed by atoms with Crippen LogP contribution < -0.4 is 19.7 Å². The summed E-state index contributed by atoms with van der Waals surface area (Å²) < 4.78 is 40.4. The summed E-state index contributed by atoms with van der Waals surface area (Å²) in [6, 6.07) is 13.7. The van der Waals surface area contributed by atoms with E-state index in [0.717, 1.165) is 25.7 Å². The fourth-order valence-electron chi connectivity index (χ4n) is 4.54. The fourth-order valence-corrected chi connectivity index (χ4v) is 7.00. The van der Waals surface area contributed by atoms with Crippen LogP contribution in [0.3, 0.4) is 0 Å². The van der Waals surface area contributed by atoms with Gasteiger partial charge in [-0.15, -0.1) is 23.7 Å². The van der Waals surface area contributed by atoms with E-state index in [1.54, 1.807) is 43.5 Å². The number of carbonyl (C=O) groups is 1. The van der Waals surface area contributed by atoms with Gasteiger partial charge in [0.2, 0.25) is 0 Å². The first-order chi connectivity index (χ1) is 17.4. The highest BCUT2D eigenvalue weighted by atomic mass is 35.5. The van der Waals surface area contributed by atoms with E-state index >= 15 is 0 Å². The van der Waals surface area contributed by atoms with E-state index in [0.29, 0.717) is 54.0 Å². The molecule has 198 valence electrons. The number of amides is 1. The molecule has 0 saturated carbocycles. The predicted molar refractivity (Wildman–Crippen MR) is 149 cm³/mol. The summed E-state index contributed by atoms with van der Waals surface area (Å²) in [7, 11) is -2.41. The summed E-state index contributed by atoms with van der Waals surface area (Å²) in [4.78, 5) is 17.0. The Balaban J connectivity index is 0.00000320. The van der Waals surface area contributed by atoms with Crippen molar-refractivity contribution in [3.63, 3.8) is 0 Å². The van der Waals surface area contributed by atoms with Crippen LogP contribution in [0.2, 0.25) is 0 Å². The molecule has 1 aliphatic heterocycles. The molecule has 0 radical (unpaired) electrons. The van der Waals surface area contributed by atoms with Crippen molar-refractivity contribution < 1.29 is 22.7 Å². The summed E-state index contributed by atoms with van der Waals surface area (Å²) in [5.74, 6) is 0.409. The topological polar surface area (TPSA) is 97.0 Å². The van der Waals surface area contributed by atoms with Crippen molar-refractivity contribution >= 4 is 56.7 Å². The van der Waals surface area contributed by atoms with E-state index in [1.165, 1.54) is 27.8 Å². The Hall–Kier alpha value is -2.79. The van der Waals surface area contributed by atoms with Gasteiger partial charge in [0.25, 0.3) is 15.9 Å². The van der Waals surface area contributed by atoms with Crippen molar-refractivity contribution in [2.24, 2.45) is 0 Å². The number of methoxy groups -OCH3 is 1. The van der Waals surface area contributed by atoms with Gasteiger partial charge in [-0.25, -0.2) is 8.42 Å². The highest BCUT2D eigenvalue weighted by Gasteiger charge is 2.25. The molecule has 37 heavy (non-hydrogen) atoms. The van der Waals surface area contributed by atoms with Crippen LogP contribution in [0.1, 0.15) is 33.0 Å². The van der Waals surface area contributed by atoms with Crippen LogP contribution in [0.4, 0.5) is 17.1 Å². The second-order valence-electron chi connectivity index (χ2n) is 8.84. The second kappa shape index (κ2) is 11.7. The van der Waals surface area contributed by atoms with Crippen molar-refractivity contribution in [1.29, 1.82) is 0 Å². The molecular weight excluding hydrogens is 534 g/mol. The van der Waals surface area contributed by atoms with Gasteiger partial charge in [-0.1, -0.05) is 0 Å². The third-order valence-electron chi connectivity index (χ3n) is 6.42. The first-order valence-corrected chi connectivity index (χ1v) is 14.3. The molecule has 2 aliphatic rings. The van der Waals surface area contributed by atoms with Gasteiger partial charge in [-0.3, -0.25) is 9.52 Å². The van der Waals surface area contributed by atoms with Crippen molar-refractivity contribution in [2.45, 2.75) is 30.6 Å². The number of fused-ring (bicyclic) bond motifs is 1. The highest BCUT2D eigenvalue weighted by molar-refractivity contribution is 7.92. The molecule has 1 aromatic heterocycles. The van der Waals surface area contributed by atoms with Gasteiger partial charge in [0, 0.05) is 29.3 Å². The van der Waals surface area contributed by atoms with E-state index < -0.39 is 10.0 Å². The quantitative estimate of drug-likeness (QED) is 0.422. The van der Waals surface area contributed by atoms with Crippen LogP contribution in [0, 0.1) is 0 Å². The zero-order chi connectivity index (χ0) is 25.1. The van der Waals surface area contributed by atoms with Crippen LogP contribution >= 0.6 is 23.7 Å². The number of anilines is 3. The van der Waals surface area contributed by atoms with Crippen molar-refractivity contribution in [3.8, 4) is 5.75 Å². The van der Waals surface area contributed by atoms with Crippen molar-refractivity contribution in [2.75, 3.05) is 48.4 Å². The number of thiophene rings is 1. The van der Waals surface area contributed by atoms with Crippen LogP contribution in [0.5, 0.6) is 5.75 Å². The molecule has 1 fully saturated rings. The summed E-state index contributed by atoms with van der Waals surface area (Å²) in [5.41, 5.74) is 2.68. The van der Waals surface area contributed by atoms with E-state index in [9.17, 15) is 13.2 Å². The van der Waals surface area contributed by atoms with Crippen LogP contribution in [0.25, 0.3) is 0 Å². The molecule has 1 saturated heterocycles. The average Bonchev–Trinajstić information content (AvgIpc) is 3.34. The van der Waals surface area contributed by atoms with Crippen molar-refractivity contribution in [1.82, 2.24) is 0 Å².